The molecular weight excluding hydrogens is 268 g/mol. The van der Waals surface area contributed by atoms with Crippen LogP contribution in [0.25, 0.3) is 6.08 Å². The number of aromatic amines is 1. The van der Waals surface area contributed by atoms with Crippen LogP contribution in [0.2, 0.25) is 0 Å². The van der Waals surface area contributed by atoms with Crippen LogP contribution in [0.4, 0.5) is 5.69 Å². The molecule has 0 atom stereocenters. The maximum absolute atomic E-state index is 11.8. The highest BCUT2D eigenvalue weighted by Gasteiger charge is 2.16. The molecule has 0 aliphatic heterocycles. The van der Waals surface area contributed by atoms with Gasteiger partial charge < -0.3 is 15.4 Å². The van der Waals surface area contributed by atoms with Gasteiger partial charge in [-0.05, 0) is 25.5 Å². The van der Waals surface area contributed by atoms with E-state index >= 15 is 0 Å². The Morgan fingerprint density at radius 3 is 2.48 bits per heavy atom. The molecule has 0 fully saturated rings. The van der Waals surface area contributed by atoms with Crippen molar-refractivity contribution in [3.8, 4) is 0 Å². The minimum Gasteiger partial charge on any atom is -0.478 e. The summed E-state index contributed by atoms with van der Waals surface area (Å²) in [5.74, 6) is -1.45. The van der Waals surface area contributed by atoms with Crippen LogP contribution in [0.5, 0.6) is 0 Å². The first-order valence-electron chi connectivity index (χ1n) is 6.44. The van der Waals surface area contributed by atoms with E-state index in [1.807, 2.05) is 31.2 Å². The van der Waals surface area contributed by atoms with E-state index < -0.39 is 5.97 Å². The van der Waals surface area contributed by atoms with Crippen LogP contribution < -0.4 is 5.32 Å². The highest BCUT2D eigenvalue weighted by atomic mass is 16.4. The SMILES string of the molecule is Cc1ccc(/C=C/C(=O)Nc2c[nH]c(C)c2C(=O)O)cc1. The minimum absolute atomic E-state index is 0.0760. The van der Waals surface area contributed by atoms with E-state index in [2.05, 4.69) is 10.3 Å². The molecule has 0 bridgehead atoms. The molecule has 5 nitrogen and oxygen atoms in total. The summed E-state index contributed by atoms with van der Waals surface area (Å²) in [5, 5.41) is 11.6. The topological polar surface area (TPSA) is 82.2 Å². The summed E-state index contributed by atoms with van der Waals surface area (Å²) in [6, 6.07) is 7.72. The summed E-state index contributed by atoms with van der Waals surface area (Å²) < 4.78 is 0. The first-order chi connectivity index (χ1) is 9.97. The smallest absolute Gasteiger partial charge is 0.339 e. The number of aromatic nitrogens is 1. The van der Waals surface area contributed by atoms with Gasteiger partial charge in [0.1, 0.15) is 5.56 Å². The second kappa shape index (κ2) is 6.09. The van der Waals surface area contributed by atoms with Gasteiger partial charge >= 0.3 is 5.97 Å². The molecular formula is C16H16N2O3. The number of H-pyrrole nitrogens is 1. The van der Waals surface area contributed by atoms with Crippen molar-refractivity contribution in [3.05, 3.63) is 58.9 Å². The van der Waals surface area contributed by atoms with Crippen molar-refractivity contribution in [1.29, 1.82) is 0 Å². The van der Waals surface area contributed by atoms with E-state index in [-0.39, 0.29) is 17.2 Å². The van der Waals surface area contributed by atoms with Crippen LogP contribution in [0, 0.1) is 13.8 Å². The molecule has 2 rings (SSSR count). The predicted octanol–water partition coefficient (Wildman–Crippen LogP) is 2.98. The molecule has 108 valence electrons. The number of carboxylic acids is 1. The zero-order chi connectivity index (χ0) is 15.4. The average Bonchev–Trinajstić information content (AvgIpc) is 2.79. The molecule has 21 heavy (non-hydrogen) atoms. The molecule has 3 N–H and O–H groups in total. The highest BCUT2D eigenvalue weighted by Crippen LogP contribution is 2.19. The van der Waals surface area contributed by atoms with E-state index in [1.54, 1.807) is 13.0 Å². The Balaban J connectivity index is 2.08. The van der Waals surface area contributed by atoms with Gasteiger partial charge in [0.05, 0.1) is 5.69 Å². The molecule has 0 aliphatic carbocycles. The molecule has 1 heterocycles. The normalized spacial score (nSPS) is 10.8. The number of carbonyl (C=O) groups is 2. The number of aryl methyl sites for hydroxylation is 2. The van der Waals surface area contributed by atoms with Crippen LogP contribution >= 0.6 is 0 Å². The molecule has 5 heteroatoms. The van der Waals surface area contributed by atoms with Gasteiger partial charge in [-0.1, -0.05) is 29.8 Å². The summed E-state index contributed by atoms with van der Waals surface area (Å²) in [5.41, 5.74) is 2.89. The van der Waals surface area contributed by atoms with Gasteiger partial charge in [-0.15, -0.1) is 0 Å². The maximum Gasteiger partial charge on any atom is 0.339 e. The molecule has 1 aromatic carbocycles. The van der Waals surface area contributed by atoms with Gasteiger partial charge in [-0.2, -0.15) is 0 Å². The first-order valence-corrected chi connectivity index (χ1v) is 6.44. The van der Waals surface area contributed by atoms with Crippen LogP contribution in [0.3, 0.4) is 0 Å². The highest BCUT2D eigenvalue weighted by molar-refractivity contribution is 6.06. The Morgan fingerprint density at radius 2 is 1.86 bits per heavy atom. The number of aromatic carboxylic acids is 1. The second-order valence-electron chi connectivity index (χ2n) is 4.74. The molecule has 0 saturated carbocycles. The predicted molar refractivity (Wildman–Crippen MR) is 81.3 cm³/mol. The third-order valence-electron chi connectivity index (χ3n) is 3.05. The zero-order valence-corrected chi connectivity index (χ0v) is 11.8. The molecule has 0 aliphatic rings. The van der Waals surface area contributed by atoms with E-state index in [1.165, 1.54) is 12.3 Å². The molecule has 0 spiro atoms. The standard InChI is InChI=1S/C16H16N2O3/c1-10-3-5-12(6-4-10)7-8-14(19)18-13-9-17-11(2)15(13)16(20)21/h3-9,17H,1-2H3,(H,18,19)(H,20,21)/b8-7+. The van der Waals surface area contributed by atoms with Crippen LogP contribution in [-0.4, -0.2) is 22.0 Å². The summed E-state index contributed by atoms with van der Waals surface area (Å²) in [4.78, 5) is 25.7. The maximum atomic E-state index is 11.8. The number of anilines is 1. The number of benzene rings is 1. The monoisotopic (exact) mass is 284 g/mol. The van der Waals surface area contributed by atoms with Crippen LogP contribution in [-0.2, 0) is 4.79 Å². The van der Waals surface area contributed by atoms with Crippen LogP contribution in [0.15, 0.2) is 36.5 Å². The fourth-order valence-corrected chi connectivity index (χ4v) is 1.92. The van der Waals surface area contributed by atoms with Crippen molar-refractivity contribution in [2.75, 3.05) is 5.32 Å². The lowest BCUT2D eigenvalue weighted by molar-refractivity contribution is -0.111. The second-order valence-corrected chi connectivity index (χ2v) is 4.74. The lowest BCUT2D eigenvalue weighted by atomic mass is 10.1. The van der Waals surface area contributed by atoms with Crippen molar-refractivity contribution >= 4 is 23.6 Å². The summed E-state index contributed by atoms with van der Waals surface area (Å²) in [7, 11) is 0. The number of nitrogens with one attached hydrogen (secondary N) is 2. The number of hydrogen-bond acceptors (Lipinski definition) is 2. The lowest BCUT2D eigenvalue weighted by Crippen LogP contribution is -2.10. The van der Waals surface area contributed by atoms with Crippen LogP contribution in [0.1, 0.15) is 27.2 Å². The van der Waals surface area contributed by atoms with Gasteiger partial charge in [-0.3, -0.25) is 4.79 Å². The van der Waals surface area contributed by atoms with Crippen molar-refractivity contribution in [1.82, 2.24) is 4.98 Å². The number of carboxylic acid groups (broad SMARTS) is 1. The summed E-state index contributed by atoms with van der Waals surface area (Å²) in [6.07, 6.45) is 4.52. The Labute approximate surface area is 122 Å². The van der Waals surface area contributed by atoms with Gasteiger partial charge in [0.25, 0.3) is 0 Å². The van der Waals surface area contributed by atoms with E-state index in [9.17, 15) is 9.59 Å². The van der Waals surface area contributed by atoms with E-state index in [0.29, 0.717) is 5.69 Å². The number of rotatable bonds is 4. The fourth-order valence-electron chi connectivity index (χ4n) is 1.92. The third-order valence-corrected chi connectivity index (χ3v) is 3.05. The van der Waals surface area contributed by atoms with Crippen molar-refractivity contribution in [3.63, 3.8) is 0 Å². The molecule has 0 saturated heterocycles. The Kier molecular flexibility index (Phi) is 4.23. The number of amides is 1. The van der Waals surface area contributed by atoms with E-state index in [4.69, 9.17) is 5.11 Å². The number of carbonyl (C=O) groups excluding carboxylic acids is 1. The third kappa shape index (κ3) is 3.60. The molecule has 0 radical (unpaired) electrons. The van der Waals surface area contributed by atoms with Gasteiger partial charge in [0.15, 0.2) is 0 Å². The minimum atomic E-state index is -1.08. The molecule has 1 amide bonds. The van der Waals surface area contributed by atoms with Gasteiger partial charge in [0, 0.05) is 18.0 Å². The summed E-state index contributed by atoms with van der Waals surface area (Å²) >= 11 is 0. The fraction of sp³-hybridized carbons (Fsp3) is 0.125. The summed E-state index contributed by atoms with van der Waals surface area (Å²) in [6.45, 7) is 3.63. The van der Waals surface area contributed by atoms with E-state index in [0.717, 1.165) is 11.1 Å². The average molecular weight is 284 g/mol. The lowest BCUT2D eigenvalue weighted by Gasteiger charge is -2.01. The van der Waals surface area contributed by atoms with Gasteiger partial charge in [0.2, 0.25) is 5.91 Å². The first kappa shape index (κ1) is 14.6. The van der Waals surface area contributed by atoms with Crippen molar-refractivity contribution < 1.29 is 14.7 Å². The quantitative estimate of drug-likeness (QED) is 0.755. The molecule has 2 aromatic rings. The Bertz CT molecular complexity index is 697. The van der Waals surface area contributed by atoms with Gasteiger partial charge in [-0.25, -0.2) is 4.79 Å². The molecule has 1 aromatic heterocycles. The Hall–Kier alpha value is -2.82. The zero-order valence-electron chi connectivity index (χ0n) is 11.8. The van der Waals surface area contributed by atoms with Crippen molar-refractivity contribution in [2.24, 2.45) is 0 Å². The number of hydrogen-bond donors (Lipinski definition) is 3. The van der Waals surface area contributed by atoms with Crippen molar-refractivity contribution in [2.45, 2.75) is 13.8 Å². The molecule has 0 unspecified atom stereocenters. The Morgan fingerprint density at radius 1 is 1.19 bits per heavy atom. The largest absolute Gasteiger partial charge is 0.478 e.